The molecule has 13 heavy (non-hydrogen) atoms. The van der Waals surface area contributed by atoms with Crippen molar-refractivity contribution in [2.45, 2.75) is 31.7 Å². The van der Waals surface area contributed by atoms with E-state index in [9.17, 15) is 0 Å². The molecule has 1 radical (unpaired) electrons. The first kappa shape index (κ1) is 8.63. The Hall–Kier alpha value is -0.960. The zero-order valence-corrected chi connectivity index (χ0v) is 7.83. The summed E-state index contributed by atoms with van der Waals surface area (Å²) >= 11 is 0. The molecule has 2 unspecified atom stereocenters. The molecular formula is C10H14N3. The Morgan fingerprint density at radius 3 is 3.23 bits per heavy atom. The molecule has 0 aliphatic carbocycles. The number of nitrogens with zero attached hydrogens (tertiary/aromatic N) is 2. The topological polar surface area (TPSA) is 37.8 Å². The third kappa shape index (κ3) is 2.04. The summed E-state index contributed by atoms with van der Waals surface area (Å²) in [6, 6.07) is 2.33. The van der Waals surface area contributed by atoms with Gasteiger partial charge in [0.15, 0.2) is 0 Å². The minimum Gasteiger partial charge on any atom is -0.314 e. The monoisotopic (exact) mass is 176 g/mol. The summed E-state index contributed by atoms with van der Waals surface area (Å²) in [5.74, 6) is 1.48. The second-order valence-electron chi connectivity index (χ2n) is 3.62. The highest BCUT2D eigenvalue weighted by atomic mass is 14.9. The van der Waals surface area contributed by atoms with Crippen LogP contribution in [0.3, 0.4) is 0 Å². The van der Waals surface area contributed by atoms with Gasteiger partial charge in [-0.1, -0.05) is 0 Å². The van der Waals surface area contributed by atoms with Crippen LogP contribution in [0, 0.1) is 6.20 Å². The van der Waals surface area contributed by atoms with Gasteiger partial charge in [-0.3, -0.25) is 0 Å². The van der Waals surface area contributed by atoms with E-state index in [4.69, 9.17) is 0 Å². The van der Waals surface area contributed by atoms with Gasteiger partial charge in [0.25, 0.3) is 0 Å². The van der Waals surface area contributed by atoms with Crippen LogP contribution in [0.25, 0.3) is 0 Å². The van der Waals surface area contributed by atoms with Crippen LogP contribution < -0.4 is 5.32 Å². The molecule has 1 aromatic heterocycles. The van der Waals surface area contributed by atoms with Gasteiger partial charge in [0.1, 0.15) is 5.82 Å². The fourth-order valence-electron chi connectivity index (χ4n) is 1.84. The van der Waals surface area contributed by atoms with Crippen LogP contribution in [0.2, 0.25) is 0 Å². The van der Waals surface area contributed by atoms with E-state index >= 15 is 0 Å². The van der Waals surface area contributed by atoms with E-state index in [1.807, 2.05) is 0 Å². The molecule has 2 heterocycles. The predicted molar refractivity (Wildman–Crippen MR) is 50.3 cm³/mol. The molecule has 2 atom stereocenters. The van der Waals surface area contributed by atoms with E-state index in [-0.39, 0.29) is 0 Å². The number of aromatic nitrogens is 2. The first-order valence-electron chi connectivity index (χ1n) is 4.78. The van der Waals surface area contributed by atoms with E-state index in [1.165, 1.54) is 0 Å². The number of hydrogen-bond acceptors (Lipinski definition) is 3. The van der Waals surface area contributed by atoms with Crippen molar-refractivity contribution in [3.63, 3.8) is 0 Å². The molecule has 0 aromatic carbocycles. The van der Waals surface area contributed by atoms with Crippen LogP contribution in [0.1, 0.15) is 31.5 Å². The fraction of sp³-hybridized carbons (Fsp3) is 0.600. The highest BCUT2D eigenvalue weighted by Crippen LogP contribution is 2.23. The lowest BCUT2D eigenvalue weighted by Crippen LogP contribution is -2.35. The molecule has 1 N–H and O–H groups in total. The van der Waals surface area contributed by atoms with Crippen molar-refractivity contribution in [3.05, 3.63) is 24.3 Å². The molecule has 0 spiro atoms. The Balaban J connectivity index is 2.08. The molecular weight excluding hydrogens is 162 g/mol. The van der Waals surface area contributed by atoms with E-state index in [1.54, 1.807) is 12.3 Å². The van der Waals surface area contributed by atoms with Crippen LogP contribution in [-0.2, 0) is 0 Å². The maximum atomic E-state index is 4.27. The second-order valence-corrected chi connectivity index (χ2v) is 3.62. The van der Waals surface area contributed by atoms with Crippen molar-refractivity contribution in [1.82, 2.24) is 15.3 Å². The van der Waals surface area contributed by atoms with Crippen molar-refractivity contribution in [2.75, 3.05) is 6.54 Å². The predicted octanol–water partition coefficient (Wildman–Crippen LogP) is 1.13. The lowest BCUT2D eigenvalue weighted by molar-refractivity contribution is 0.371. The van der Waals surface area contributed by atoms with Crippen molar-refractivity contribution in [1.29, 1.82) is 0 Å². The zero-order chi connectivity index (χ0) is 9.10. The normalized spacial score (nSPS) is 28.7. The van der Waals surface area contributed by atoms with Crippen LogP contribution in [0.4, 0.5) is 0 Å². The SMILES string of the molecule is CC1CC(c2n[c]ccn2)CCN1. The van der Waals surface area contributed by atoms with Gasteiger partial charge in [-0.15, -0.1) is 0 Å². The summed E-state index contributed by atoms with van der Waals surface area (Å²) in [5, 5.41) is 3.42. The molecule has 69 valence electrons. The summed E-state index contributed by atoms with van der Waals surface area (Å²) in [6.07, 6.45) is 6.89. The maximum Gasteiger partial charge on any atom is 0.132 e. The van der Waals surface area contributed by atoms with E-state index in [0.29, 0.717) is 12.0 Å². The minimum atomic E-state index is 0.522. The Bertz CT molecular complexity index is 260. The van der Waals surface area contributed by atoms with Gasteiger partial charge in [0.2, 0.25) is 0 Å². The molecule has 1 aliphatic heterocycles. The average Bonchev–Trinajstić information content (AvgIpc) is 2.19. The van der Waals surface area contributed by atoms with E-state index in [0.717, 1.165) is 25.2 Å². The molecule has 0 bridgehead atoms. The van der Waals surface area contributed by atoms with Gasteiger partial charge in [0.05, 0.1) is 6.20 Å². The van der Waals surface area contributed by atoms with Gasteiger partial charge in [-0.25, -0.2) is 9.97 Å². The van der Waals surface area contributed by atoms with Crippen LogP contribution in [0.5, 0.6) is 0 Å². The molecule has 1 fully saturated rings. The van der Waals surface area contributed by atoms with E-state index < -0.39 is 0 Å². The first-order chi connectivity index (χ1) is 6.36. The van der Waals surface area contributed by atoms with Crippen LogP contribution >= 0.6 is 0 Å². The van der Waals surface area contributed by atoms with Gasteiger partial charge >= 0.3 is 0 Å². The van der Waals surface area contributed by atoms with Crippen molar-refractivity contribution < 1.29 is 0 Å². The first-order valence-corrected chi connectivity index (χ1v) is 4.78. The Morgan fingerprint density at radius 1 is 1.62 bits per heavy atom. The fourth-order valence-corrected chi connectivity index (χ4v) is 1.84. The zero-order valence-electron chi connectivity index (χ0n) is 7.83. The third-order valence-electron chi connectivity index (χ3n) is 2.52. The standard InChI is InChI=1S/C10H14N3/c1-8-7-9(3-6-11-8)10-12-4-2-5-13-10/h2,4,8-9,11H,3,6-7H2,1H3. The number of rotatable bonds is 1. The molecule has 1 saturated heterocycles. The lowest BCUT2D eigenvalue weighted by atomic mass is 9.92. The van der Waals surface area contributed by atoms with Gasteiger partial charge in [-0.05, 0) is 32.4 Å². The molecule has 3 nitrogen and oxygen atoms in total. The molecule has 2 rings (SSSR count). The molecule has 1 aromatic rings. The lowest BCUT2D eigenvalue weighted by Gasteiger charge is -2.26. The van der Waals surface area contributed by atoms with Gasteiger partial charge in [0, 0.05) is 18.2 Å². The van der Waals surface area contributed by atoms with Gasteiger partial charge in [-0.2, -0.15) is 0 Å². The summed E-state index contributed by atoms with van der Waals surface area (Å²) in [5.41, 5.74) is 0. The van der Waals surface area contributed by atoms with Crippen LogP contribution in [0.15, 0.2) is 12.3 Å². The van der Waals surface area contributed by atoms with Crippen molar-refractivity contribution in [3.8, 4) is 0 Å². The Labute approximate surface area is 78.6 Å². The highest BCUT2D eigenvalue weighted by Gasteiger charge is 2.21. The summed E-state index contributed by atoms with van der Waals surface area (Å²) in [6.45, 7) is 3.28. The van der Waals surface area contributed by atoms with Crippen LogP contribution in [-0.4, -0.2) is 22.6 Å². The number of piperidine rings is 1. The molecule has 0 amide bonds. The van der Waals surface area contributed by atoms with Crippen molar-refractivity contribution >= 4 is 0 Å². The number of nitrogens with one attached hydrogen (secondary N) is 1. The summed E-state index contributed by atoms with van der Waals surface area (Å²) < 4.78 is 0. The largest absolute Gasteiger partial charge is 0.314 e. The third-order valence-corrected chi connectivity index (χ3v) is 2.52. The average molecular weight is 176 g/mol. The minimum absolute atomic E-state index is 0.522. The van der Waals surface area contributed by atoms with Gasteiger partial charge < -0.3 is 5.32 Å². The maximum absolute atomic E-state index is 4.27. The Morgan fingerprint density at radius 2 is 2.54 bits per heavy atom. The smallest absolute Gasteiger partial charge is 0.132 e. The highest BCUT2D eigenvalue weighted by molar-refractivity contribution is 4.99. The second kappa shape index (κ2) is 3.83. The summed E-state index contributed by atoms with van der Waals surface area (Å²) in [7, 11) is 0. The molecule has 0 saturated carbocycles. The van der Waals surface area contributed by atoms with Crippen molar-refractivity contribution in [2.24, 2.45) is 0 Å². The van der Waals surface area contributed by atoms with E-state index in [2.05, 4.69) is 28.4 Å². The Kier molecular flexibility index (Phi) is 2.54. The molecule has 3 heteroatoms. The molecule has 1 aliphatic rings. The quantitative estimate of drug-likeness (QED) is 0.697. The summed E-state index contributed by atoms with van der Waals surface area (Å²) in [4.78, 5) is 8.44. The number of hydrogen-bond donors (Lipinski definition) is 1.